The van der Waals surface area contributed by atoms with E-state index in [1.165, 1.54) is 5.56 Å². The Morgan fingerprint density at radius 3 is 2.32 bits per heavy atom. The van der Waals surface area contributed by atoms with Gasteiger partial charge in [-0.1, -0.05) is 0 Å². The topological polar surface area (TPSA) is 77.3 Å². The number of hydrogen-bond donors (Lipinski definition) is 0. The third-order valence-electron chi connectivity index (χ3n) is 6.27. The van der Waals surface area contributed by atoms with Crippen LogP contribution in [0, 0.1) is 26.7 Å². The van der Waals surface area contributed by atoms with Crippen LogP contribution < -0.4 is 0 Å². The monoisotopic (exact) mass is 428 g/mol. The van der Waals surface area contributed by atoms with Gasteiger partial charge in [0.05, 0.1) is 23.8 Å². The maximum absolute atomic E-state index is 12.8. The average molecular weight is 429 g/mol. The van der Waals surface area contributed by atoms with Gasteiger partial charge in [-0.25, -0.2) is 9.67 Å². The molecule has 0 saturated carbocycles. The van der Waals surface area contributed by atoms with E-state index in [0.29, 0.717) is 45.4 Å². The lowest BCUT2D eigenvalue weighted by atomic mass is 9.95. The summed E-state index contributed by atoms with van der Waals surface area (Å²) < 4.78 is 7.12. The van der Waals surface area contributed by atoms with Crippen molar-refractivity contribution in [2.24, 2.45) is 5.92 Å². The van der Waals surface area contributed by atoms with Crippen molar-refractivity contribution >= 4 is 22.9 Å². The van der Waals surface area contributed by atoms with Gasteiger partial charge in [0.1, 0.15) is 0 Å². The quantitative estimate of drug-likeness (QED) is 0.676. The lowest BCUT2D eigenvalue weighted by Crippen LogP contribution is -2.40. The van der Waals surface area contributed by atoms with Crippen molar-refractivity contribution in [3.05, 3.63) is 22.5 Å². The first-order valence-corrected chi connectivity index (χ1v) is 11.3. The van der Waals surface area contributed by atoms with Crippen LogP contribution in [0.1, 0.15) is 69.5 Å². The Morgan fingerprint density at radius 1 is 1.10 bits per heavy atom. The summed E-state index contributed by atoms with van der Waals surface area (Å²) in [6.45, 7) is 16.0. The van der Waals surface area contributed by atoms with E-state index in [1.807, 2.05) is 30.4 Å². The molecule has 0 bridgehead atoms. The van der Waals surface area contributed by atoms with E-state index in [1.54, 1.807) is 0 Å². The van der Waals surface area contributed by atoms with Gasteiger partial charge in [0.15, 0.2) is 5.65 Å². The molecule has 1 saturated heterocycles. The Bertz CT molecular complexity index is 979. The molecule has 0 unspecified atom stereocenters. The second-order valence-electron chi connectivity index (χ2n) is 9.57. The molecule has 0 spiro atoms. The van der Waals surface area contributed by atoms with E-state index in [-0.39, 0.29) is 23.3 Å². The van der Waals surface area contributed by atoms with Crippen LogP contribution in [-0.2, 0) is 26.3 Å². The van der Waals surface area contributed by atoms with Crippen LogP contribution in [0.4, 0.5) is 0 Å². The van der Waals surface area contributed by atoms with Crippen molar-refractivity contribution in [1.29, 1.82) is 0 Å². The third kappa shape index (κ3) is 4.75. The molecule has 1 aliphatic heterocycles. The second kappa shape index (κ2) is 8.97. The third-order valence-corrected chi connectivity index (χ3v) is 6.27. The van der Waals surface area contributed by atoms with E-state index in [2.05, 4.69) is 27.7 Å². The van der Waals surface area contributed by atoms with Crippen LogP contribution in [0.2, 0.25) is 0 Å². The number of nitrogens with zero attached hydrogens (tertiary/aromatic N) is 4. The Morgan fingerprint density at radius 2 is 1.74 bits per heavy atom. The highest BCUT2D eigenvalue weighted by molar-refractivity contribution is 5.84. The van der Waals surface area contributed by atoms with Crippen molar-refractivity contribution < 1.29 is 14.3 Å². The van der Waals surface area contributed by atoms with Gasteiger partial charge >= 0.3 is 5.97 Å². The first-order chi connectivity index (χ1) is 14.5. The van der Waals surface area contributed by atoms with Crippen LogP contribution in [0.5, 0.6) is 0 Å². The fourth-order valence-corrected chi connectivity index (χ4v) is 4.56. The Kier molecular flexibility index (Phi) is 6.72. The Hall–Kier alpha value is -2.44. The van der Waals surface area contributed by atoms with Gasteiger partial charge in [0.2, 0.25) is 5.91 Å². The minimum absolute atomic E-state index is 0.0811. The number of amides is 1. The lowest BCUT2D eigenvalue weighted by molar-refractivity contribution is -0.151. The zero-order chi connectivity index (χ0) is 22.9. The molecule has 0 aromatic carbocycles. The Labute approximate surface area is 185 Å². The summed E-state index contributed by atoms with van der Waals surface area (Å²) in [5.74, 6) is -0.0721. The molecule has 1 aliphatic rings. The van der Waals surface area contributed by atoms with Gasteiger partial charge in [-0.05, 0) is 78.9 Å². The predicted octanol–water partition coefficient (Wildman–Crippen LogP) is 3.85. The number of aryl methyl sites for hydroxylation is 3. The molecule has 0 radical (unpaired) electrons. The zero-order valence-electron chi connectivity index (χ0n) is 20.0. The maximum Gasteiger partial charge on any atom is 0.309 e. The molecule has 7 heteroatoms. The molecule has 1 amide bonds. The van der Waals surface area contributed by atoms with E-state index in [0.717, 1.165) is 28.0 Å². The molecular formula is C24H36N4O3. The van der Waals surface area contributed by atoms with E-state index < -0.39 is 0 Å². The Balaban J connectivity index is 1.71. The summed E-state index contributed by atoms with van der Waals surface area (Å²) in [5, 5.41) is 5.84. The molecule has 31 heavy (non-hydrogen) atoms. The molecule has 2 aromatic rings. The summed E-state index contributed by atoms with van der Waals surface area (Å²) in [7, 11) is 0. The molecule has 2 aromatic heterocycles. The van der Waals surface area contributed by atoms with Crippen molar-refractivity contribution in [3.8, 4) is 0 Å². The smallest absolute Gasteiger partial charge is 0.309 e. The SMILES string of the molecule is CCOC(=O)C1CCN(C(=O)CCc2c(C)nc3c(c(C)nn3C(C)(C)C)c2C)CC1. The van der Waals surface area contributed by atoms with E-state index in [4.69, 9.17) is 14.8 Å². The van der Waals surface area contributed by atoms with Crippen LogP contribution >= 0.6 is 0 Å². The number of fused-ring (bicyclic) bond motifs is 1. The minimum Gasteiger partial charge on any atom is -0.466 e. The van der Waals surface area contributed by atoms with Gasteiger partial charge in [-0.3, -0.25) is 9.59 Å². The van der Waals surface area contributed by atoms with Gasteiger partial charge in [0.25, 0.3) is 0 Å². The summed E-state index contributed by atoms with van der Waals surface area (Å²) in [4.78, 5) is 31.5. The molecule has 3 heterocycles. The number of carbonyl (C=O) groups excluding carboxylic acids is 2. The zero-order valence-corrected chi connectivity index (χ0v) is 20.0. The van der Waals surface area contributed by atoms with Gasteiger partial charge in [-0.15, -0.1) is 0 Å². The lowest BCUT2D eigenvalue weighted by Gasteiger charge is -2.31. The van der Waals surface area contributed by atoms with Gasteiger partial charge < -0.3 is 9.64 Å². The number of pyridine rings is 1. The van der Waals surface area contributed by atoms with Crippen molar-refractivity contribution in [2.45, 2.75) is 79.7 Å². The summed E-state index contributed by atoms with van der Waals surface area (Å²) in [6, 6.07) is 0. The number of hydrogen-bond acceptors (Lipinski definition) is 5. The molecule has 1 fully saturated rings. The molecule has 0 aliphatic carbocycles. The summed E-state index contributed by atoms with van der Waals surface area (Å²) in [5.41, 5.74) is 5.01. The summed E-state index contributed by atoms with van der Waals surface area (Å²) in [6.07, 6.45) is 2.48. The highest BCUT2D eigenvalue weighted by Crippen LogP contribution is 2.30. The molecule has 0 atom stereocenters. The molecule has 170 valence electrons. The van der Waals surface area contributed by atoms with Crippen LogP contribution in [0.3, 0.4) is 0 Å². The van der Waals surface area contributed by atoms with Crippen LogP contribution in [0.15, 0.2) is 0 Å². The highest BCUT2D eigenvalue weighted by Gasteiger charge is 2.28. The number of rotatable bonds is 5. The predicted molar refractivity (Wildman–Crippen MR) is 121 cm³/mol. The first kappa shape index (κ1) is 23.2. The van der Waals surface area contributed by atoms with Gasteiger partial charge in [0, 0.05) is 30.6 Å². The van der Waals surface area contributed by atoms with Crippen LogP contribution in [-0.4, -0.2) is 51.2 Å². The number of aromatic nitrogens is 3. The van der Waals surface area contributed by atoms with Gasteiger partial charge in [-0.2, -0.15) is 5.10 Å². The normalized spacial score (nSPS) is 15.5. The number of ether oxygens (including phenoxy) is 1. The molecular weight excluding hydrogens is 392 g/mol. The molecule has 7 nitrogen and oxygen atoms in total. The number of esters is 1. The molecule has 3 rings (SSSR count). The van der Waals surface area contributed by atoms with Crippen molar-refractivity contribution in [2.75, 3.05) is 19.7 Å². The fourth-order valence-electron chi connectivity index (χ4n) is 4.56. The van der Waals surface area contributed by atoms with Crippen LogP contribution in [0.25, 0.3) is 11.0 Å². The summed E-state index contributed by atoms with van der Waals surface area (Å²) >= 11 is 0. The van der Waals surface area contributed by atoms with E-state index in [9.17, 15) is 9.59 Å². The standard InChI is InChI=1S/C24H36N4O3/c1-8-31-23(30)18-11-13-27(14-12-18)20(29)10-9-19-15(2)21-17(4)26-28(24(5,6)7)22(21)25-16(19)3/h18H,8-14H2,1-7H3. The highest BCUT2D eigenvalue weighted by atomic mass is 16.5. The molecule has 0 N–H and O–H groups in total. The average Bonchev–Trinajstić information content (AvgIpc) is 3.04. The number of likely N-dealkylation sites (tertiary alicyclic amines) is 1. The minimum atomic E-state index is -0.147. The number of piperidine rings is 1. The van der Waals surface area contributed by atoms with Crippen molar-refractivity contribution in [1.82, 2.24) is 19.7 Å². The van der Waals surface area contributed by atoms with Crippen molar-refractivity contribution in [3.63, 3.8) is 0 Å². The van der Waals surface area contributed by atoms with E-state index >= 15 is 0 Å². The largest absolute Gasteiger partial charge is 0.466 e. The first-order valence-electron chi connectivity index (χ1n) is 11.3. The number of carbonyl (C=O) groups is 2. The fraction of sp³-hybridized carbons (Fsp3) is 0.667. The maximum atomic E-state index is 12.8. The second-order valence-corrected chi connectivity index (χ2v) is 9.57.